The van der Waals surface area contributed by atoms with Crippen LogP contribution in [0.4, 0.5) is 11.4 Å². The summed E-state index contributed by atoms with van der Waals surface area (Å²) in [5, 5.41) is 6.27. The van der Waals surface area contributed by atoms with E-state index in [1.165, 1.54) is 11.9 Å². The molecular formula is C19H13BrClN3O3. The highest BCUT2D eigenvalue weighted by atomic mass is 79.9. The van der Waals surface area contributed by atoms with Crippen molar-refractivity contribution < 1.29 is 14.4 Å². The monoisotopic (exact) mass is 445 g/mol. The van der Waals surface area contributed by atoms with Gasteiger partial charge in [-0.25, -0.2) is 4.90 Å². The maximum absolute atomic E-state index is 13.1. The molecule has 2 unspecified atom stereocenters. The maximum atomic E-state index is 13.1. The minimum atomic E-state index is -0.922. The van der Waals surface area contributed by atoms with E-state index in [0.29, 0.717) is 16.4 Å². The third-order valence-electron chi connectivity index (χ3n) is 4.59. The van der Waals surface area contributed by atoms with E-state index in [-0.39, 0.29) is 11.5 Å². The average molecular weight is 447 g/mol. The van der Waals surface area contributed by atoms with Gasteiger partial charge >= 0.3 is 0 Å². The molecule has 0 bridgehead atoms. The van der Waals surface area contributed by atoms with Crippen molar-refractivity contribution in [1.82, 2.24) is 0 Å². The molecule has 0 aliphatic carbocycles. The topological polar surface area (TPSA) is 70.1 Å². The Morgan fingerprint density at radius 3 is 2.19 bits per heavy atom. The summed E-state index contributed by atoms with van der Waals surface area (Å²) in [4.78, 5) is 39.4. The molecule has 4 rings (SSSR count). The highest BCUT2D eigenvalue weighted by Crippen LogP contribution is 2.38. The molecule has 0 aromatic heterocycles. The maximum Gasteiger partial charge on any atom is 0.259 e. The van der Waals surface area contributed by atoms with Crippen molar-refractivity contribution in [3.8, 4) is 0 Å². The highest BCUT2D eigenvalue weighted by molar-refractivity contribution is 9.10. The van der Waals surface area contributed by atoms with Gasteiger partial charge in [0.2, 0.25) is 5.91 Å². The summed E-state index contributed by atoms with van der Waals surface area (Å²) >= 11 is 9.27. The molecule has 2 aliphatic rings. The quantitative estimate of drug-likeness (QED) is 0.678. The summed E-state index contributed by atoms with van der Waals surface area (Å²) in [5.41, 5.74) is 1.14. The fraction of sp³-hybridized carbons (Fsp3) is 0.158. The van der Waals surface area contributed by atoms with Gasteiger partial charge in [-0.05, 0) is 48.5 Å². The lowest BCUT2D eigenvalue weighted by molar-refractivity contribution is -0.122. The Bertz CT molecular complexity index is 988. The number of hydrogen-bond acceptors (Lipinski definition) is 5. The number of fused-ring (bicyclic) bond motifs is 1. The molecule has 0 radical (unpaired) electrons. The van der Waals surface area contributed by atoms with Crippen molar-refractivity contribution in [2.24, 2.45) is 11.0 Å². The van der Waals surface area contributed by atoms with Gasteiger partial charge in [0.05, 0.1) is 11.4 Å². The van der Waals surface area contributed by atoms with E-state index in [4.69, 9.17) is 11.6 Å². The van der Waals surface area contributed by atoms with Crippen LogP contribution in [0, 0.1) is 5.92 Å². The lowest BCUT2D eigenvalue weighted by Crippen LogP contribution is -2.39. The number of carbonyl (C=O) groups is 3. The van der Waals surface area contributed by atoms with Crippen molar-refractivity contribution in [3.63, 3.8) is 0 Å². The van der Waals surface area contributed by atoms with E-state index in [1.54, 1.807) is 36.4 Å². The van der Waals surface area contributed by atoms with Crippen LogP contribution in [0.5, 0.6) is 0 Å². The first-order valence-electron chi connectivity index (χ1n) is 8.16. The van der Waals surface area contributed by atoms with Crippen LogP contribution < -0.4 is 9.91 Å². The second kappa shape index (κ2) is 6.58. The standard InChI is InChI=1S/C19H13BrClN3O3/c1-10(25)16-15-17(24(22-16)14-6-2-11(20)3-7-14)19(27)23(18(15)26)13-8-4-12(21)5-9-13/h2-9,15,17H,1H3. The fourth-order valence-corrected chi connectivity index (χ4v) is 3.75. The van der Waals surface area contributed by atoms with E-state index in [9.17, 15) is 14.4 Å². The van der Waals surface area contributed by atoms with Crippen LogP contribution in [0.1, 0.15) is 6.92 Å². The molecule has 6 nitrogen and oxygen atoms in total. The number of amides is 2. The van der Waals surface area contributed by atoms with Gasteiger partial charge in [0, 0.05) is 16.4 Å². The molecule has 0 saturated carbocycles. The third kappa shape index (κ3) is 2.87. The molecular weight excluding hydrogens is 434 g/mol. The second-order valence-corrected chi connectivity index (χ2v) is 7.63. The zero-order valence-electron chi connectivity index (χ0n) is 14.1. The second-order valence-electron chi connectivity index (χ2n) is 6.27. The SMILES string of the molecule is CC(=O)C1=NN(c2ccc(Br)cc2)C2C(=O)N(c3ccc(Cl)cc3)C(=O)C12. The summed E-state index contributed by atoms with van der Waals surface area (Å²) < 4.78 is 0.870. The molecule has 2 aromatic carbocycles. The number of carbonyl (C=O) groups excluding carboxylic acids is 3. The average Bonchev–Trinajstić information content (AvgIpc) is 3.15. The number of ketones is 1. The fourth-order valence-electron chi connectivity index (χ4n) is 3.36. The van der Waals surface area contributed by atoms with Crippen molar-refractivity contribution in [2.45, 2.75) is 13.0 Å². The van der Waals surface area contributed by atoms with E-state index in [2.05, 4.69) is 21.0 Å². The van der Waals surface area contributed by atoms with Gasteiger partial charge in [0.1, 0.15) is 17.7 Å². The van der Waals surface area contributed by atoms with E-state index < -0.39 is 23.8 Å². The molecule has 8 heteroatoms. The lowest BCUT2D eigenvalue weighted by Gasteiger charge is -2.22. The number of rotatable bonds is 3. The van der Waals surface area contributed by atoms with E-state index in [0.717, 1.165) is 9.37 Å². The Morgan fingerprint density at radius 1 is 1.00 bits per heavy atom. The number of anilines is 2. The zero-order chi connectivity index (χ0) is 19.3. The van der Waals surface area contributed by atoms with Crippen LogP contribution in [-0.4, -0.2) is 29.4 Å². The first-order chi connectivity index (χ1) is 12.9. The van der Waals surface area contributed by atoms with Crippen molar-refractivity contribution in [3.05, 3.63) is 58.0 Å². The molecule has 2 aliphatic heterocycles. The number of benzene rings is 2. The molecule has 0 spiro atoms. The number of hydrogen-bond donors (Lipinski definition) is 0. The minimum absolute atomic E-state index is 0.0951. The number of imide groups is 1. The number of halogens is 2. The van der Waals surface area contributed by atoms with Gasteiger partial charge in [-0.15, -0.1) is 0 Å². The summed E-state index contributed by atoms with van der Waals surface area (Å²) in [6.07, 6.45) is 0. The smallest absolute Gasteiger partial charge is 0.259 e. The molecule has 2 amide bonds. The Hall–Kier alpha value is -2.51. The normalized spacial score (nSPS) is 21.5. The van der Waals surface area contributed by atoms with Crippen LogP contribution in [0.25, 0.3) is 0 Å². The molecule has 2 heterocycles. The lowest BCUT2D eigenvalue weighted by atomic mass is 9.95. The molecule has 0 N–H and O–H groups in total. The predicted octanol–water partition coefficient (Wildman–Crippen LogP) is 3.43. The van der Waals surface area contributed by atoms with Gasteiger partial charge in [-0.1, -0.05) is 27.5 Å². The molecule has 136 valence electrons. The summed E-state index contributed by atoms with van der Waals surface area (Å²) in [7, 11) is 0. The summed E-state index contributed by atoms with van der Waals surface area (Å²) in [6, 6.07) is 12.7. The van der Waals surface area contributed by atoms with Crippen LogP contribution in [0.15, 0.2) is 58.1 Å². The Labute approximate surface area is 168 Å². The molecule has 2 atom stereocenters. The van der Waals surface area contributed by atoms with Crippen molar-refractivity contribution >= 4 is 62.2 Å². The third-order valence-corrected chi connectivity index (χ3v) is 5.37. The highest BCUT2D eigenvalue weighted by Gasteiger charge is 2.58. The van der Waals surface area contributed by atoms with E-state index >= 15 is 0 Å². The number of Topliss-reactive ketones (excluding diaryl/α,β-unsaturated/α-hetero) is 1. The first-order valence-corrected chi connectivity index (χ1v) is 9.33. The molecule has 2 aromatic rings. The Morgan fingerprint density at radius 2 is 1.59 bits per heavy atom. The van der Waals surface area contributed by atoms with Gasteiger partial charge in [-0.3, -0.25) is 19.4 Å². The van der Waals surface area contributed by atoms with Crippen molar-refractivity contribution in [1.29, 1.82) is 0 Å². The van der Waals surface area contributed by atoms with Crippen LogP contribution in [0.2, 0.25) is 5.02 Å². The Kier molecular flexibility index (Phi) is 4.36. The van der Waals surface area contributed by atoms with Crippen LogP contribution in [-0.2, 0) is 14.4 Å². The largest absolute Gasteiger partial charge is 0.293 e. The Balaban J connectivity index is 1.79. The first kappa shape index (κ1) is 17.9. The van der Waals surface area contributed by atoms with Crippen LogP contribution >= 0.6 is 27.5 Å². The summed E-state index contributed by atoms with van der Waals surface area (Å²) in [6.45, 7) is 1.35. The zero-order valence-corrected chi connectivity index (χ0v) is 16.4. The number of hydrazone groups is 1. The predicted molar refractivity (Wildman–Crippen MR) is 106 cm³/mol. The number of nitrogens with zero attached hydrogens (tertiary/aromatic N) is 3. The van der Waals surface area contributed by atoms with Crippen molar-refractivity contribution in [2.75, 3.05) is 9.91 Å². The minimum Gasteiger partial charge on any atom is -0.293 e. The summed E-state index contributed by atoms with van der Waals surface area (Å²) in [5.74, 6) is -2.13. The van der Waals surface area contributed by atoms with Gasteiger partial charge in [-0.2, -0.15) is 5.10 Å². The molecule has 1 saturated heterocycles. The molecule has 27 heavy (non-hydrogen) atoms. The van der Waals surface area contributed by atoms with Gasteiger partial charge < -0.3 is 0 Å². The van der Waals surface area contributed by atoms with Gasteiger partial charge in [0.25, 0.3) is 5.91 Å². The van der Waals surface area contributed by atoms with Crippen LogP contribution in [0.3, 0.4) is 0 Å². The van der Waals surface area contributed by atoms with Gasteiger partial charge in [0.15, 0.2) is 5.78 Å². The van der Waals surface area contributed by atoms with E-state index in [1.807, 2.05) is 12.1 Å². The molecule has 1 fully saturated rings.